The van der Waals surface area contributed by atoms with Gasteiger partial charge in [-0.15, -0.1) is 0 Å². The van der Waals surface area contributed by atoms with Crippen molar-refractivity contribution in [2.45, 2.75) is 56.7 Å². The first-order chi connectivity index (χ1) is 7.55. The highest BCUT2D eigenvalue weighted by Gasteiger charge is 2.45. The highest BCUT2D eigenvalue weighted by Crippen LogP contribution is 2.38. The van der Waals surface area contributed by atoms with Gasteiger partial charge in [-0.2, -0.15) is 0 Å². The lowest BCUT2D eigenvalue weighted by atomic mass is 9.95. The maximum Gasteiger partial charge on any atom is 0.240 e. The van der Waals surface area contributed by atoms with Crippen molar-refractivity contribution in [3.8, 4) is 0 Å². The Morgan fingerprint density at radius 2 is 2.06 bits per heavy atom. The maximum atomic E-state index is 12.1. The molecular formula is C12H22N2O2. The maximum absolute atomic E-state index is 12.1. The zero-order chi connectivity index (χ0) is 11.8. The molecule has 3 atom stereocenters. The van der Waals surface area contributed by atoms with E-state index in [0.29, 0.717) is 5.92 Å². The van der Waals surface area contributed by atoms with E-state index in [2.05, 4.69) is 5.32 Å². The van der Waals surface area contributed by atoms with Crippen molar-refractivity contribution >= 4 is 5.91 Å². The van der Waals surface area contributed by atoms with E-state index in [1.165, 1.54) is 0 Å². The highest BCUT2D eigenvalue weighted by atomic mass is 16.5. The topological polar surface area (TPSA) is 64.3 Å². The Bertz CT molecular complexity index is 274. The van der Waals surface area contributed by atoms with Crippen molar-refractivity contribution in [1.82, 2.24) is 5.32 Å². The molecule has 4 heteroatoms. The predicted octanol–water partition coefficient (Wildman–Crippen LogP) is 0.797. The zero-order valence-corrected chi connectivity index (χ0v) is 10.2. The minimum absolute atomic E-state index is 0.0102. The number of rotatable bonds is 4. The minimum Gasteiger partial charge on any atom is -0.379 e. The summed E-state index contributed by atoms with van der Waals surface area (Å²) in [6, 6.07) is 0.152. The smallest absolute Gasteiger partial charge is 0.240 e. The molecule has 2 aliphatic carbocycles. The van der Waals surface area contributed by atoms with Crippen molar-refractivity contribution in [3.63, 3.8) is 0 Å². The van der Waals surface area contributed by atoms with E-state index in [4.69, 9.17) is 10.5 Å². The number of hydrogen-bond acceptors (Lipinski definition) is 3. The van der Waals surface area contributed by atoms with Gasteiger partial charge in [0.05, 0.1) is 17.7 Å². The summed E-state index contributed by atoms with van der Waals surface area (Å²) in [5.41, 5.74) is 5.38. The van der Waals surface area contributed by atoms with E-state index < -0.39 is 5.54 Å². The van der Waals surface area contributed by atoms with E-state index in [-0.39, 0.29) is 18.1 Å². The summed E-state index contributed by atoms with van der Waals surface area (Å²) in [5.74, 6) is 0.360. The Hall–Kier alpha value is -0.610. The molecule has 3 unspecified atom stereocenters. The second-order valence-electron chi connectivity index (χ2n) is 5.34. The fourth-order valence-electron chi connectivity index (χ4n) is 2.57. The van der Waals surface area contributed by atoms with Crippen LogP contribution in [-0.2, 0) is 9.53 Å². The van der Waals surface area contributed by atoms with Gasteiger partial charge in [0.15, 0.2) is 0 Å². The van der Waals surface area contributed by atoms with Gasteiger partial charge in [0.25, 0.3) is 0 Å². The molecule has 2 aliphatic rings. The second-order valence-corrected chi connectivity index (χ2v) is 5.34. The molecule has 0 aromatic carbocycles. The van der Waals surface area contributed by atoms with Crippen molar-refractivity contribution in [2.24, 2.45) is 11.7 Å². The van der Waals surface area contributed by atoms with Crippen LogP contribution in [-0.4, -0.2) is 30.7 Å². The van der Waals surface area contributed by atoms with Crippen LogP contribution in [0.25, 0.3) is 0 Å². The first-order valence-electron chi connectivity index (χ1n) is 6.18. The Labute approximate surface area is 96.9 Å². The molecule has 1 amide bonds. The molecule has 2 rings (SSSR count). The molecule has 16 heavy (non-hydrogen) atoms. The number of ether oxygens (including phenoxy) is 1. The van der Waals surface area contributed by atoms with Crippen LogP contribution in [0, 0.1) is 5.92 Å². The van der Waals surface area contributed by atoms with Crippen LogP contribution in [0.5, 0.6) is 0 Å². The molecule has 0 aromatic heterocycles. The molecule has 0 saturated heterocycles. The van der Waals surface area contributed by atoms with Crippen molar-refractivity contribution in [1.29, 1.82) is 0 Å². The first kappa shape index (κ1) is 11.9. The SMILES string of the molecule is COC1CCCC1NC(=O)C(C)(N)C1CC1. The predicted molar refractivity (Wildman–Crippen MR) is 61.9 cm³/mol. The first-order valence-corrected chi connectivity index (χ1v) is 6.18. The fourth-order valence-corrected chi connectivity index (χ4v) is 2.57. The highest BCUT2D eigenvalue weighted by molar-refractivity contribution is 5.86. The van der Waals surface area contributed by atoms with E-state index in [1.807, 2.05) is 6.92 Å². The van der Waals surface area contributed by atoms with Gasteiger partial charge in [0.1, 0.15) is 0 Å². The molecule has 0 aliphatic heterocycles. The summed E-state index contributed by atoms with van der Waals surface area (Å²) in [7, 11) is 1.71. The Balaban J connectivity index is 1.91. The molecule has 0 aromatic rings. The molecule has 0 radical (unpaired) electrons. The van der Waals surface area contributed by atoms with Crippen LogP contribution >= 0.6 is 0 Å². The monoisotopic (exact) mass is 226 g/mol. The molecule has 0 heterocycles. The van der Waals surface area contributed by atoms with Gasteiger partial charge in [-0.3, -0.25) is 4.79 Å². The summed E-state index contributed by atoms with van der Waals surface area (Å²) < 4.78 is 5.36. The van der Waals surface area contributed by atoms with Crippen LogP contribution in [0.3, 0.4) is 0 Å². The average Bonchev–Trinajstić information content (AvgIpc) is 3.01. The third-order valence-electron chi connectivity index (χ3n) is 3.99. The molecule has 0 spiro atoms. The Morgan fingerprint density at radius 1 is 1.38 bits per heavy atom. The quantitative estimate of drug-likeness (QED) is 0.745. The van der Waals surface area contributed by atoms with Gasteiger partial charge in [-0.05, 0) is 44.9 Å². The Morgan fingerprint density at radius 3 is 2.62 bits per heavy atom. The largest absolute Gasteiger partial charge is 0.379 e. The van der Waals surface area contributed by atoms with Gasteiger partial charge >= 0.3 is 0 Å². The number of hydrogen-bond donors (Lipinski definition) is 2. The number of amides is 1. The van der Waals surface area contributed by atoms with E-state index in [1.54, 1.807) is 7.11 Å². The normalized spacial score (nSPS) is 33.4. The van der Waals surface area contributed by atoms with Gasteiger partial charge in [-0.25, -0.2) is 0 Å². The number of methoxy groups -OCH3 is 1. The number of nitrogens with one attached hydrogen (secondary N) is 1. The van der Waals surface area contributed by atoms with Crippen LogP contribution < -0.4 is 11.1 Å². The summed E-state index contributed by atoms with van der Waals surface area (Å²) in [5, 5.41) is 3.05. The van der Waals surface area contributed by atoms with Gasteiger partial charge in [0, 0.05) is 7.11 Å². The van der Waals surface area contributed by atoms with Gasteiger partial charge < -0.3 is 15.8 Å². The number of nitrogens with two attached hydrogens (primary N) is 1. The molecular weight excluding hydrogens is 204 g/mol. The second kappa shape index (κ2) is 4.34. The van der Waals surface area contributed by atoms with Crippen molar-refractivity contribution < 1.29 is 9.53 Å². The number of carbonyl (C=O) groups excluding carboxylic acids is 1. The lowest BCUT2D eigenvalue weighted by Crippen LogP contribution is -2.57. The molecule has 2 fully saturated rings. The zero-order valence-electron chi connectivity index (χ0n) is 10.2. The summed E-state index contributed by atoms with van der Waals surface area (Å²) in [6.45, 7) is 1.84. The average molecular weight is 226 g/mol. The van der Waals surface area contributed by atoms with Crippen LogP contribution in [0.4, 0.5) is 0 Å². The third kappa shape index (κ3) is 2.23. The Kier molecular flexibility index (Phi) is 3.22. The minimum atomic E-state index is -0.694. The summed E-state index contributed by atoms with van der Waals surface area (Å²) in [6.07, 6.45) is 5.49. The molecule has 4 nitrogen and oxygen atoms in total. The standard InChI is InChI=1S/C12H22N2O2/c1-12(13,8-6-7-8)11(15)14-9-4-3-5-10(9)16-2/h8-10H,3-7,13H2,1-2H3,(H,14,15). The van der Waals surface area contributed by atoms with Gasteiger partial charge in [0.2, 0.25) is 5.91 Å². The van der Waals surface area contributed by atoms with E-state index >= 15 is 0 Å². The fraction of sp³-hybridized carbons (Fsp3) is 0.917. The molecule has 92 valence electrons. The molecule has 2 saturated carbocycles. The molecule has 3 N–H and O–H groups in total. The van der Waals surface area contributed by atoms with E-state index in [0.717, 1.165) is 32.1 Å². The summed E-state index contributed by atoms with van der Waals surface area (Å²) >= 11 is 0. The number of carbonyl (C=O) groups is 1. The van der Waals surface area contributed by atoms with Gasteiger partial charge in [-0.1, -0.05) is 0 Å². The van der Waals surface area contributed by atoms with Crippen LogP contribution in [0.1, 0.15) is 39.0 Å². The third-order valence-corrected chi connectivity index (χ3v) is 3.99. The molecule has 0 bridgehead atoms. The van der Waals surface area contributed by atoms with Crippen molar-refractivity contribution in [3.05, 3.63) is 0 Å². The van der Waals surface area contributed by atoms with Crippen LogP contribution in [0.2, 0.25) is 0 Å². The summed E-state index contributed by atoms with van der Waals surface area (Å²) in [4.78, 5) is 12.1. The van der Waals surface area contributed by atoms with Crippen LogP contribution in [0.15, 0.2) is 0 Å². The van der Waals surface area contributed by atoms with Crippen molar-refractivity contribution in [2.75, 3.05) is 7.11 Å². The lowest BCUT2D eigenvalue weighted by molar-refractivity contribution is -0.128. The van der Waals surface area contributed by atoms with E-state index in [9.17, 15) is 4.79 Å². The lowest BCUT2D eigenvalue weighted by Gasteiger charge is -2.27.